The van der Waals surface area contributed by atoms with Gasteiger partial charge in [-0.05, 0) is 35.7 Å². The SMILES string of the molecule is COc1cccc(C2=Nc3ccccc3N=C(SCC(=O)Nc3cccc4ccccc34)C2)c1. The molecule has 0 atom stereocenters. The number of amides is 1. The van der Waals surface area contributed by atoms with E-state index in [9.17, 15) is 4.79 Å². The Labute approximate surface area is 202 Å². The van der Waals surface area contributed by atoms with Crippen LogP contribution in [0, 0.1) is 0 Å². The van der Waals surface area contributed by atoms with Crippen LogP contribution in [-0.2, 0) is 4.79 Å². The number of ether oxygens (including phenoxy) is 1. The van der Waals surface area contributed by atoms with Gasteiger partial charge in [0.15, 0.2) is 0 Å². The summed E-state index contributed by atoms with van der Waals surface area (Å²) < 4.78 is 5.40. The number of carbonyl (C=O) groups excluding carboxylic acids is 1. The number of benzene rings is 4. The molecule has 1 N–H and O–H groups in total. The number of hydrogen-bond donors (Lipinski definition) is 1. The third kappa shape index (κ3) is 4.87. The van der Waals surface area contributed by atoms with Crippen LogP contribution in [0.2, 0.25) is 0 Å². The number of nitrogens with zero attached hydrogens (tertiary/aromatic N) is 2. The van der Waals surface area contributed by atoms with Crippen LogP contribution in [0.5, 0.6) is 5.75 Å². The summed E-state index contributed by atoms with van der Waals surface area (Å²) in [6.45, 7) is 0. The average Bonchev–Trinajstić information content (AvgIpc) is 3.07. The molecule has 4 aromatic carbocycles. The molecule has 5 rings (SSSR count). The quantitative estimate of drug-likeness (QED) is 0.354. The van der Waals surface area contributed by atoms with Crippen molar-refractivity contribution >= 4 is 56.3 Å². The Hall–Kier alpha value is -3.90. The number of carbonyl (C=O) groups is 1. The van der Waals surface area contributed by atoms with E-state index in [1.165, 1.54) is 11.8 Å². The minimum absolute atomic E-state index is 0.0681. The second-order valence-electron chi connectivity index (χ2n) is 7.83. The van der Waals surface area contributed by atoms with Crippen molar-refractivity contribution in [1.29, 1.82) is 0 Å². The predicted molar refractivity (Wildman–Crippen MR) is 142 cm³/mol. The third-order valence-electron chi connectivity index (χ3n) is 5.54. The Morgan fingerprint density at radius 1 is 0.912 bits per heavy atom. The maximum Gasteiger partial charge on any atom is 0.234 e. The first kappa shape index (κ1) is 21.9. The van der Waals surface area contributed by atoms with E-state index in [2.05, 4.69) is 5.32 Å². The normalized spacial score (nSPS) is 12.9. The number of thioether (sulfide) groups is 1. The topological polar surface area (TPSA) is 63.1 Å². The highest BCUT2D eigenvalue weighted by atomic mass is 32.2. The van der Waals surface area contributed by atoms with E-state index < -0.39 is 0 Å². The molecule has 168 valence electrons. The van der Waals surface area contributed by atoms with Crippen molar-refractivity contribution < 1.29 is 9.53 Å². The molecule has 0 saturated heterocycles. The van der Waals surface area contributed by atoms with E-state index in [4.69, 9.17) is 14.7 Å². The van der Waals surface area contributed by atoms with E-state index in [0.29, 0.717) is 6.42 Å². The third-order valence-corrected chi connectivity index (χ3v) is 6.51. The minimum Gasteiger partial charge on any atom is -0.497 e. The molecule has 1 aliphatic heterocycles. The molecule has 1 aliphatic rings. The Balaban J connectivity index is 1.36. The van der Waals surface area contributed by atoms with Gasteiger partial charge in [-0.3, -0.25) is 9.79 Å². The highest BCUT2D eigenvalue weighted by Crippen LogP contribution is 2.34. The van der Waals surface area contributed by atoms with Crippen LogP contribution in [0.3, 0.4) is 0 Å². The lowest BCUT2D eigenvalue weighted by atomic mass is 10.1. The Morgan fingerprint density at radius 3 is 2.50 bits per heavy atom. The molecule has 4 aromatic rings. The molecule has 0 aromatic heterocycles. The molecule has 1 heterocycles. The van der Waals surface area contributed by atoms with E-state index in [1.54, 1.807) is 7.11 Å². The predicted octanol–water partition coefficient (Wildman–Crippen LogP) is 6.77. The number of anilines is 1. The van der Waals surface area contributed by atoms with Crippen LogP contribution >= 0.6 is 11.8 Å². The number of aliphatic imine (C=N–C) groups is 2. The van der Waals surface area contributed by atoms with Gasteiger partial charge in [0.05, 0.1) is 35.0 Å². The zero-order chi connectivity index (χ0) is 23.3. The fraction of sp³-hybridized carbons (Fsp3) is 0.107. The zero-order valence-corrected chi connectivity index (χ0v) is 19.5. The van der Waals surface area contributed by atoms with Crippen LogP contribution in [0.1, 0.15) is 12.0 Å². The summed E-state index contributed by atoms with van der Waals surface area (Å²) in [4.78, 5) is 22.6. The summed E-state index contributed by atoms with van der Waals surface area (Å²) in [5.74, 6) is 0.968. The lowest BCUT2D eigenvalue weighted by Gasteiger charge is -2.10. The molecular weight excluding hydrogens is 442 g/mol. The molecule has 0 aliphatic carbocycles. The lowest BCUT2D eigenvalue weighted by Crippen LogP contribution is -2.16. The number of hydrogen-bond acceptors (Lipinski definition) is 5. The lowest BCUT2D eigenvalue weighted by molar-refractivity contribution is -0.113. The van der Waals surface area contributed by atoms with Crippen molar-refractivity contribution in [2.45, 2.75) is 6.42 Å². The molecule has 1 amide bonds. The number of nitrogens with one attached hydrogen (secondary N) is 1. The van der Waals surface area contributed by atoms with E-state index in [0.717, 1.165) is 49.9 Å². The Kier molecular flexibility index (Phi) is 6.40. The summed E-state index contributed by atoms with van der Waals surface area (Å²) in [6.07, 6.45) is 0.536. The number of rotatable bonds is 5. The highest BCUT2D eigenvalue weighted by Gasteiger charge is 2.17. The van der Waals surface area contributed by atoms with Crippen molar-refractivity contribution in [3.8, 4) is 5.75 Å². The monoisotopic (exact) mass is 465 g/mol. The zero-order valence-electron chi connectivity index (χ0n) is 18.7. The largest absolute Gasteiger partial charge is 0.497 e. The van der Waals surface area contributed by atoms with Crippen LogP contribution in [0.4, 0.5) is 17.1 Å². The van der Waals surface area contributed by atoms with E-state index >= 15 is 0 Å². The molecule has 0 saturated carbocycles. The van der Waals surface area contributed by atoms with Gasteiger partial charge in [0, 0.05) is 23.1 Å². The fourth-order valence-corrected chi connectivity index (χ4v) is 4.65. The number of fused-ring (bicyclic) bond motifs is 2. The average molecular weight is 466 g/mol. The molecule has 6 heteroatoms. The second kappa shape index (κ2) is 9.93. The van der Waals surface area contributed by atoms with Crippen molar-refractivity contribution in [2.24, 2.45) is 9.98 Å². The first-order valence-corrected chi connectivity index (χ1v) is 12.0. The summed E-state index contributed by atoms with van der Waals surface area (Å²) in [5.41, 5.74) is 4.30. The van der Waals surface area contributed by atoms with Gasteiger partial charge in [-0.15, -0.1) is 11.8 Å². The summed E-state index contributed by atoms with van der Waals surface area (Å²) in [7, 11) is 1.65. The standard InChI is InChI=1S/C28H23N3O2S/c1-33-21-11-6-10-20(16-21)26-17-28(31-25-14-5-4-13-24(25)29-26)34-18-27(32)30-23-15-7-9-19-8-2-3-12-22(19)23/h2-16H,17-18H2,1H3,(H,30,32). The summed E-state index contributed by atoms with van der Waals surface area (Å²) >= 11 is 1.44. The smallest absolute Gasteiger partial charge is 0.234 e. The molecule has 0 bridgehead atoms. The van der Waals surface area contributed by atoms with Gasteiger partial charge in [0.25, 0.3) is 0 Å². The highest BCUT2D eigenvalue weighted by molar-refractivity contribution is 8.14. The van der Waals surface area contributed by atoms with Crippen LogP contribution < -0.4 is 10.1 Å². The number of methoxy groups -OCH3 is 1. The Bertz CT molecular complexity index is 1420. The molecule has 0 fully saturated rings. The minimum atomic E-state index is -0.0681. The Morgan fingerprint density at radius 2 is 1.65 bits per heavy atom. The molecule has 5 nitrogen and oxygen atoms in total. The second-order valence-corrected chi connectivity index (χ2v) is 8.87. The van der Waals surface area contributed by atoms with Gasteiger partial charge >= 0.3 is 0 Å². The summed E-state index contributed by atoms with van der Waals surface area (Å²) in [6, 6.07) is 29.6. The van der Waals surface area contributed by atoms with E-state index in [1.807, 2.05) is 91.0 Å². The van der Waals surface area contributed by atoms with Gasteiger partial charge in [-0.1, -0.05) is 60.7 Å². The van der Waals surface area contributed by atoms with Gasteiger partial charge in [-0.25, -0.2) is 4.99 Å². The van der Waals surface area contributed by atoms with Gasteiger partial charge in [0.2, 0.25) is 5.91 Å². The van der Waals surface area contributed by atoms with Crippen molar-refractivity contribution in [1.82, 2.24) is 0 Å². The summed E-state index contributed by atoms with van der Waals surface area (Å²) in [5, 5.41) is 6.02. The van der Waals surface area contributed by atoms with Gasteiger partial charge in [-0.2, -0.15) is 0 Å². The van der Waals surface area contributed by atoms with Crippen molar-refractivity contribution in [3.05, 3.63) is 96.6 Å². The maximum absolute atomic E-state index is 12.8. The van der Waals surface area contributed by atoms with E-state index in [-0.39, 0.29) is 11.7 Å². The molecule has 0 spiro atoms. The van der Waals surface area contributed by atoms with Crippen LogP contribution in [0.15, 0.2) is 101 Å². The van der Waals surface area contributed by atoms with Crippen molar-refractivity contribution in [2.75, 3.05) is 18.2 Å². The van der Waals surface area contributed by atoms with Crippen LogP contribution in [-0.4, -0.2) is 29.5 Å². The first-order chi connectivity index (χ1) is 16.7. The molecule has 0 unspecified atom stereocenters. The van der Waals surface area contributed by atoms with Gasteiger partial charge < -0.3 is 10.1 Å². The van der Waals surface area contributed by atoms with Crippen LogP contribution in [0.25, 0.3) is 10.8 Å². The molecular formula is C28H23N3O2S. The molecule has 0 radical (unpaired) electrons. The maximum atomic E-state index is 12.8. The van der Waals surface area contributed by atoms with Crippen molar-refractivity contribution in [3.63, 3.8) is 0 Å². The fourth-order valence-electron chi connectivity index (χ4n) is 3.88. The van der Waals surface area contributed by atoms with Gasteiger partial charge in [0.1, 0.15) is 5.75 Å². The molecule has 34 heavy (non-hydrogen) atoms. The number of para-hydroxylation sites is 2. The first-order valence-electron chi connectivity index (χ1n) is 11.0.